The fraction of sp³-hybridized carbons (Fsp3) is 0.321. The van der Waals surface area contributed by atoms with Crippen LogP contribution in [0.25, 0.3) is 5.69 Å². The molecule has 0 unspecified atom stereocenters. The molecule has 1 saturated heterocycles. The largest absolute Gasteiger partial charge is 0.486 e. The number of amides is 3. The van der Waals surface area contributed by atoms with Gasteiger partial charge in [-0.25, -0.2) is 4.79 Å². The van der Waals surface area contributed by atoms with Gasteiger partial charge in [0.1, 0.15) is 18.8 Å². The molecular weight excluding hydrogens is 458 g/mol. The number of imide groups is 1. The number of hydrogen-bond donors (Lipinski definition) is 1. The maximum absolute atomic E-state index is 13.6. The van der Waals surface area contributed by atoms with Gasteiger partial charge in [0.05, 0.1) is 6.54 Å². The predicted octanol–water partition coefficient (Wildman–Crippen LogP) is 3.83. The summed E-state index contributed by atoms with van der Waals surface area (Å²) >= 11 is 0. The molecule has 8 heteroatoms. The second kappa shape index (κ2) is 8.26. The van der Waals surface area contributed by atoms with Gasteiger partial charge in [0.2, 0.25) is 0 Å². The normalized spacial score (nSPS) is 20.4. The van der Waals surface area contributed by atoms with Crippen LogP contribution < -0.4 is 14.8 Å². The Kier molecular flexibility index (Phi) is 5.14. The Hall–Kier alpha value is -4.07. The molecule has 2 aliphatic heterocycles. The van der Waals surface area contributed by atoms with Crippen molar-refractivity contribution in [3.8, 4) is 17.2 Å². The Labute approximate surface area is 208 Å². The summed E-state index contributed by atoms with van der Waals surface area (Å²) in [4.78, 5) is 41.1. The minimum absolute atomic E-state index is 0.281. The summed E-state index contributed by atoms with van der Waals surface area (Å²) in [5.41, 5.74) is 3.74. The molecule has 1 aliphatic carbocycles. The number of ether oxygens (including phenoxy) is 2. The number of aromatic nitrogens is 1. The summed E-state index contributed by atoms with van der Waals surface area (Å²) in [5.74, 6) is 0.724. The molecule has 1 aromatic heterocycles. The predicted molar refractivity (Wildman–Crippen MR) is 132 cm³/mol. The zero-order valence-corrected chi connectivity index (χ0v) is 20.3. The van der Waals surface area contributed by atoms with Gasteiger partial charge in [-0.15, -0.1) is 0 Å². The van der Waals surface area contributed by atoms with E-state index in [-0.39, 0.29) is 18.2 Å². The van der Waals surface area contributed by atoms with E-state index < -0.39 is 11.6 Å². The van der Waals surface area contributed by atoms with Gasteiger partial charge in [-0.1, -0.05) is 24.3 Å². The van der Waals surface area contributed by atoms with E-state index in [4.69, 9.17) is 9.47 Å². The monoisotopic (exact) mass is 485 g/mol. The highest BCUT2D eigenvalue weighted by Crippen LogP contribution is 2.40. The molecule has 3 heterocycles. The fourth-order valence-electron chi connectivity index (χ4n) is 5.80. The van der Waals surface area contributed by atoms with Crippen LogP contribution in [0.1, 0.15) is 45.7 Å². The first kappa shape index (κ1) is 22.4. The minimum Gasteiger partial charge on any atom is -0.486 e. The van der Waals surface area contributed by atoms with Gasteiger partial charge < -0.3 is 19.4 Å². The van der Waals surface area contributed by atoms with E-state index in [9.17, 15) is 14.4 Å². The molecule has 0 bridgehead atoms. The first-order valence-electron chi connectivity index (χ1n) is 12.2. The first-order chi connectivity index (χ1) is 17.4. The molecule has 1 N–H and O–H groups in total. The van der Waals surface area contributed by atoms with E-state index >= 15 is 0 Å². The number of benzene rings is 2. The number of nitrogens with one attached hydrogen (secondary N) is 1. The molecule has 3 aromatic rings. The van der Waals surface area contributed by atoms with E-state index in [1.165, 1.54) is 0 Å². The maximum atomic E-state index is 13.6. The van der Waals surface area contributed by atoms with Crippen LogP contribution in [0.15, 0.2) is 48.5 Å². The van der Waals surface area contributed by atoms with Crippen LogP contribution in [0.5, 0.6) is 11.5 Å². The van der Waals surface area contributed by atoms with Gasteiger partial charge in [-0.2, -0.15) is 0 Å². The van der Waals surface area contributed by atoms with Gasteiger partial charge in [0.15, 0.2) is 17.3 Å². The zero-order chi connectivity index (χ0) is 25.0. The summed E-state index contributed by atoms with van der Waals surface area (Å²) in [5, 5.41) is 2.92. The van der Waals surface area contributed by atoms with Gasteiger partial charge in [0, 0.05) is 28.7 Å². The average Bonchev–Trinajstić information content (AvgIpc) is 3.31. The minimum atomic E-state index is -1.09. The van der Waals surface area contributed by atoms with Crippen molar-refractivity contribution in [3.63, 3.8) is 0 Å². The molecule has 6 rings (SSSR count). The number of hydrogen-bond acceptors (Lipinski definition) is 5. The molecule has 1 atom stereocenters. The Morgan fingerprint density at radius 1 is 1.03 bits per heavy atom. The quantitative estimate of drug-likeness (QED) is 0.448. The van der Waals surface area contributed by atoms with E-state index in [1.54, 1.807) is 6.07 Å². The summed E-state index contributed by atoms with van der Waals surface area (Å²) in [6, 6.07) is 14.7. The second-order valence-corrected chi connectivity index (χ2v) is 9.61. The Morgan fingerprint density at radius 2 is 1.81 bits per heavy atom. The molecule has 0 radical (unpaired) electrons. The lowest BCUT2D eigenvalue weighted by Gasteiger charge is -2.33. The molecule has 2 aromatic carbocycles. The molecule has 0 saturated carbocycles. The van der Waals surface area contributed by atoms with Crippen LogP contribution in [0.4, 0.5) is 4.79 Å². The van der Waals surface area contributed by atoms with Gasteiger partial charge in [-0.3, -0.25) is 14.5 Å². The Balaban J connectivity index is 1.28. The SMILES string of the molecule is Cc1cc(C(=O)CN2C(=O)N[C@]3(CCCc4ccccc43)C2=O)c(C)n1-c1ccc2c(c1)OCCO2. The molecule has 36 heavy (non-hydrogen) atoms. The van der Waals surface area contributed by atoms with Crippen molar-refractivity contribution in [3.05, 3.63) is 76.6 Å². The number of urea groups is 1. The number of carbonyl (C=O) groups excluding carboxylic acids is 3. The summed E-state index contributed by atoms with van der Waals surface area (Å²) < 4.78 is 13.3. The molecule has 1 spiro atoms. The lowest BCUT2D eigenvalue weighted by Crippen LogP contribution is -2.46. The number of ketones is 1. The molecule has 1 fully saturated rings. The van der Waals surface area contributed by atoms with Crippen LogP contribution >= 0.6 is 0 Å². The van der Waals surface area contributed by atoms with Crippen molar-refractivity contribution in [2.24, 2.45) is 0 Å². The topological polar surface area (TPSA) is 89.9 Å². The lowest BCUT2D eigenvalue weighted by atomic mass is 9.76. The average molecular weight is 486 g/mol. The van der Waals surface area contributed by atoms with Crippen LogP contribution in [-0.2, 0) is 16.8 Å². The van der Waals surface area contributed by atoms with Gasteiger partial charge in [0.25, 0.3) is 5.91 Å². The third-order valence-electron chi connectivity index (χ3n) is 7.47. The third-order valence-corrected chi connectivity index (χ3v) is 7.47. The highest BCUT2D eigenvalue weighted by molar-refractivity contribution is 6.12. The highest BCUT2D eigenvalue weighted by atomic mass is 16.6. The number of aryl methyl sites for hydroxylation is 2. The second-order valence-electron chi connectivity index (χ2n) is 9.61. The lowest BCUT2D eigenvalue weighted by molar-refractivity contribution is -0.131. The van der Waals surface area contributed by atoms with Crippen LogP contribution in [-0.4, -0.2) is 46.9 Å². The van der Waals surface area contributed by atoms with Crippen molar-refractivity contribution in [1.29, 1.82) is 0 Å². The maximum Gasteiger partial charge on any atom is 0.325 e. The van der Waals surface area contributed by atoms with E-state index in [0.29, 0.717) is 36.7 Å². The summed E-state index contributed by atoms with van der Waals surface area (Å²) in [7, 11) is 0. The van der Waals surface area contributed by atoms with Crippen molar-refractivity contribution < 1.29 is 23.9 Å². The third kappa shape index (κ3) is 3.31. The smallest absolute Gasteiger partial charge is 0.325 e. The number of rotatable bonds is 4. The van der Waals surface area contributed by atoms with Crippen LogP contribution in [0, 0.1) is 13.8 Å². The van der Waals surface area contributed by atoms with Gasteiger partial charge >= 0.3 is 6.03 Å². The van der Waals surface area contributed by atoms with E-state index in [2.05, 4.69) is 5.32 Å². The molecule has 184 valence electrons. The Morgan fingerprint density at radius 3 is 2.64 bits per heavy atom. The number of Topliss-reactive ketones (excluding diaryl/α,β-unsaturated/α-hetero) is 1. The summed E-state index contributed by atoms with van der Waals surface area (Å²) in [6.07, 6.45) is 2.19. The van der Waals surface area contributed by atoms with Crippen molar-refractivity contribution in [2.75, 3.05) is 19.8 Å². The molecular formula is C28H27N3O5. The number of carbonyl (C=O) groups is 3. The standard InChI is InChI=1S/C28H27N3O5/c1-17-14-21(18(2)31(17)20-9-10-24-25(15-20)36-13-12-35-24)23(32)16-30-26(33)28(29-27(30)34)11-5-7-19-6-3-4-8-22(19)28/h3-4,6,8-10,14-15H,5,7,11-13,16H2,1-2H3,(H,29,34)/t28-/m0/s1. The molecule has 8 nitrogen and oxygen atoms in total. The number of nitrogens with zero attached hydrogens (tertiary/aromatic N) is 2. The Bertz CT molecular complexity index is 1420. The van der Waals surface area contributed by atoms with Crippen LogP contribution in [0.3, 0.4) is 0 Å². The molecule has 3 aliphatic rings. The van der Waals surface area contributed by atoms with Gasteiger partial charge in [-0.05, 0) is 62.4 Å². The number of fused-ring (bicyclic) bond motifs is 3. The fourth-order valence-corrected chi connectivity index (χ4v) is 5.80. The zero-order valence-electron chi connectivity index (χ0n) is 20.3. The van der Waals surface area contributed by atoms with Crippen molar-refractivity contribution >= 4 is 17.7 Å². The highest BCUT2D eigenvalue weighted by Gasteiger charge is 2.54. The van der Waals surface area contributed by atoms with E-state index in [0.717, 1.165) is 45.9 Å². The summed E-state index contributed by atoms with van der Waals surface area (Å²) in [6.45, 7) is 4.48. The van der Waals surface area contributed by atoms with Crippen molar-refractivity contribution in [1.82, 2.24) is 14.8 Å². The van der Waals surface area contributed by atoms with Crippen molar-refractivity contribution in [2.45, 2.75) is 38.6 Å². The first-order valence-corrected chi connectivity index (χ1v) is 12.2. The molecule has 3 amide bonds. The van der Waals surface area contributed by atoms with E-state index in [1.807, 2.05) is 60.9 Å². The van der Waals surface area contributed by atoms with Crippen LogP contribution in [0.2, 0.25) is 0 Å².